The fraction of sp³-hybridized carbons (Fsp3) is 0.421. The number of amides is 1. The summed E-state index contributed by atoms with van der Waals surface area (Å²) in [6.07, 6.45) is -0.196. The van der Waals surface area contributed by atoms with E-state index in [1.54, 1.807) is 45.0 Å². The lowest BCUT2D eigenvalue weighted by molar-refractivity contribution is -0.136. The van der Waals surface area contributed by atoms with Crippen LogP contribution in [0.25, 0.3) is 0 Å². The van der Waals surface area contributed by atoms with Gasteiger partial charge in [0, 0.05) is 30.5 Å². The monoisotopic (exact) mass is 345 g/mol. The number of benzene rings is 1. The second-order valence-corrected chi connectivity index (χ2v) is 6.37. The zero-order chi connectivity index (χ0) is 18.9. The summed E-state index contributed by atoms with van der Waals surface area (Å²) in [5.41, 5.74) is 0.685. The van der Waals surface area contributed by atoms with Crippen molar-refractivity contribution in [3.8, 4) is 11.8 Å². The van der Waals surface area contributed by atoms with Crippen molar-refractivity contribution in [3.63, 3.8) is 0 Å². The second-order valence-electron chi connectivity index (χ2n) is 6.37. The van der Waals surface area contributed by atoms with Gasteiger partial charge in [-0.15, -0.1) is 0 Å². The van der Waals surface area contributed by atoms with Crippen LogP contribution in [-0.2, 0) is 9.53 Å². The summed E-state index contributed by atoms with van der Waals surface area (Å²) < 4.78 is 5.11. The van der Waals surface area contributed by atoms with Gasteiger partial charge in [0.2, 0.25) is 0 Å². The molecule has 0 spiro atoms. The first kappa shape index (κ1) is 20.2. The van der Waals surface area contributed by atoms with Crippen LogP contribution in [0, 0.1) is 11.8 Å². The molecule has 25 heavy (non-hydrogen) atoms. The first-order chi connectivity index (χ1) is 11.7. The number of hydrogen-bond acceptors (Lipinski definition) is 4. The minimum absolute atomic E-state index is 0.0172. The van der Waals surface area contributed by atoms with Crippen LogP contribution in [0.15, 0.2) is 24.3 Å². The van der Waals surface area contributed by atoms with Gasteiger partial charge in [0.25, 0.3) is 0 Å². The molecule has 6 nitrogen and oxygen atoms in total. The molecule has 1 rings (SSSR count). The Morgan fingerprint density at radius 2 is 1.76 bits per heavy atom. The Balaban J connectivity index is 2.41. The lowest BCUT2D eigenvalue weighted by Gasteiger charge is -2.19. The van der Waals surface area contributed by atoms with Gasteiger partial charge in [-0.1, -0.05) is 24.0 Å². The smallest absolute Gasteiger partial charge is 0.407 e. The molecule has 1 amide bonds. The minimum Gasteiger partial charge on any atom is -0.481 e. The molecule has 134 valence electrons. The number of ketones is 1. The SMILES string of the molecule is CC(C)(C)OC(=O)NCCC#Cc1ccc(C(=O)CCC(=O)O)cc1. The molecule has 0 heterocycles. The molecule has 0 radical (unpaired) electrons. The van der Waals surface area contributed by atoms with Crippen molar-refractivity contribution in [2.24, 2.45) is 0 Å². The van der Waals surface area contributed by atoms with Gasteiger partial charge in [-0.25, -0.2) is 4.79 Å². The van der Waals surface area contributed by atoms with Gasteiger partial charge < -0.3 is 15.2 Å². The van der Waals surface area contributed by atoms with E-state index in [9.17, 15) is 14.4 Å². The van der Waals surface area contributed by atoms with Crippen LogP contribution >= 0.6 is 0 Å². The molecular formula is C19H23NO5. The van der Waals surface area contributed by atoms with Crippen molar-refractivity contribution in [2.45, 2.75) is 45.6 Å². The minimum atomic E-state index is -0.990. The average Bonchev–Trinajstić information content (AvgIpc) is 2.51. The van der Waals surface area contributed by atoms with E-state index < -0.39 is 17.7 Å². The molecule has 0 aliphatic carbocycles. The number of hydrogen-bond donors (Lipinski definition) is 2. The number of carbonyl (C=O) groups is 3. The van der Waals surface area contributed by atoms with Crippen LogP contribution in [0.3, 0.4) is 0 Å². The molecule has 0 aromatic heterocycles. The number of aliphatic carboxylic acids is 1. The molecule has 0 fully saturated rings. The molecule has 0 aliphatic rings. The predicted octanol–water partition coefficient (Wildman–Crippen LogP) is 3.00. The largest absolute Gasteiger partial charge is 0.481 e. The summed E-state index contributed by atoms with van der Waals surface area (Å²) >= 11 is 0. The maximum absolute atomic E-state index is 11.8. The van der Waals surface area contributed by atoms with Crippen LogP contribution in [0.4, 0.5) is 4.79 Å². The summed E-state index contributed by atoms with van der Waals surface area (Å²) in [5, 5.41) is 11.2. The zero-order valence-electron chi connectivity index (χ0n) is 14.7. The number of Topliss-reactive ketones (excluding diaryl/α,β-unsaturated/α-hetero) is 1. The number of rotatable bonds is 6. The van der Waals surface area contributed by atoms with E-state index in [-0.39, 0.29) is 18.6 Å². The molecule has 6 heteroatoms. The number of nitrogens with one attached hydrogen (secondary N) is 1. The standard InChI is InChI=1S/C19H23NO5/c1-19(2,3)25-18(24)20-13-5-4-6-14-7-9-15(10-8-14)16(21)11-12-17(22)23/h7-10H,5,11-13H2,1-3H3,(H,20,24)(H,22,23). The number of ether oxygens (including phenoxy) is 1. The highest BCUT2D eigenvalue weighted by Gasteiger charge is 2.15. The first-order valence-electron chi connectivity index (χ1n) is 7.98. The highest BCUT2D eigenvalue weighted by molar-refractivity contribution is 5.97. The Kier molecular flexibility index (Phi) is 7.67. The van der Waals surface area contributed by atoms with Gasteiger partial charge in [-0.05, 0) is 32.9 Å². The Hall–Kier alpha value is -2.81. The molecule has 0 atom stereocenters. The van der Waals surface area contributed by atoms with Crippen molar-refractivity contribution < 1.29 is 24.2 Å². The van der Waals surface area contributed by atoms with Crippen molar-refractivity contribution >= 4 is 17.8 Å². The lowest BCUT2D eigenvalue weighted by atomic mass is 10.0. The van der Waals surface area contributed by atoms with E-state index in [1.807, 2.05) is 0 Å². The van der Waals surface area contributed by atoms with E-state index in [0.717, 1.165) is 5.56 Å². The molecule has 0 saturated heterocycles. The fourth-order valence-electron chi connectivity index (χ4n) is 1.81. The second kappa shape index (κ2) is 9.48. The number of carboxylic acids is 1. The van der Waals surface area contributed by atoms with Crippen molar-refractivity contribution in [1.29, 1.82) is 0 Å². The topological polar surface area (TPSA) is 92.7 Å². The summed E-state index contributed by atoms with van der Waals surface area (Å²) in [6.45, 7) is 5.76. The van der Waals surface area contributed by atoms with Crippen LogP contribution in [0.2, 0.25) is 0 Å². The van der Waals surface area contributed by atoms with Gasteiger partial charge in [-0.2, -0.15) is 0 Å². The van der Waals surface area contributed by atoms with Crippen molar-refractivity contribution in [2.75, 3.05) is 6.54 Å². The van der Waals surface area contributed by atoms with Gasteiger partial charge >= 0.3 is 12.1 Å². The van der Waals surface area contributed by atoms with E-state index in [4.69, 9.17) is 9.84 Å². The first-order valence-corrected chi connectivity index (χ1v) is 7.98. The summed E-state index contributed by atoms with van der Waals surface area (Å²) in [7, 11) is 0. The molecule has 0 saturated carbocycles. The normalized spacial score (nSPS) is 10.4. The third-order valence-corrected chi connectivity index (χ3v) is 2.92. The Bertz CT molecular complexity index is 674. The Labute approximate surface area is 147 Å². The Morgan fingerprint density at radius 3 is 2.32 bits per heavy atom. The van der Waals surface area contributed by atoms with Crippen LogP contribution in [-0.4, -0.2) is 35.1 Å². The molecular weight excluding hydrogens is 322 g/mol. The number of alkyl carbamates (subject to hydrolysis) is 1. The predicted molar refractivity (Wildman–Crippen MR) is 93.4 cm³/mol. The molecule has 0 unspecified atom stereocenters. The molecule has 1 aromatic rings. The zero-order valence-corrected chi connectivity index (χ0v) is 14.7. The van der Waals surface area contributed by atoms with Crippen LogP contribution in [0.5, 0.6) is 0 Å². The van der Waals surface area contributed by atoms with Gasteiger partial charge in [0.1, 0.15) is 5.60 Å². The highest BCUT2D eigenvalue weighted by atomic mass is 16.6. The average molecular weight is 345 g/mol. The molecule has 2 N–H and O–H groups in total. The van der Waals surface area contributed by atoms with Gasteiger partial charge in [-0.3, -0.25) is 9.59 Å². The summed E-state index contributed by atoms with van der Waals surface area (Å²) in [4.78, 5) is 33.7. The third kappa shape index (κ3) is 9.16. The Morgan fingerprint density at radius 1 is 1.12 bits per heavy atom. The number of carboxylic acid groups (broad SMARTS) is 1. The summed E-state index contributed by atoms with van der Waals surface area (Å²) in [5.74, 6) is 4.67. The van der Waals surface area contributed by atoms with E-state index in [0.29, 0.717) is 18.5 Å². The van der Waals surface area contributed by atoms with E-state index in [2.05, 4.69) is 17.2 Å². The summed E-state index contributed by atoms with van der Waals surface area (Å²) in [6, 6.07) is 6.69. The molecule has 0 bridgehead atoms. The van der Waals surface area contributed by atoms with E-state index >= 15 is 0 Å². The lowest BCUT2D eigenvalue weighted by Crippen LogP contribution is -2.32. The van der Waals surface area contributed by atoms with Crippen molar-refractivity contribution in [1.82, 2.24) is 5.32 Å². The maximum Gasteiger partial charge on any atom is 0.407 e. The van der Waals surface area contributed by atoms with Crippen LogP contribution < -0.4 is 5.32 Å². The highest BCUT2D eigenvalue weighted by Crippen LogP contribution is 2.08. The van der Waals surface area contributed by atoms with Gasteiger partial charge in [0.15, 0.2) is 5.78 Å². The molecule has 1 aromatic carbocycles. The fourth-order valence-corrected chi connectivity index (χ4v) is 1.81. The van der Waals surface area contributed by atoms with E-state index in [1.165, 1.54) is 0 Å². The quantitative estimate of drug-likeness (QED) is 0.470. The molecule has 0 aliphatic heterocycles. The van der Waals surface area contributed by atoms with Crippen LogP contribution in [0.1, 0.15) is 56.0 Å². The van der Waals surface area contributed by atoms with Crippen molar-refractivity contribution in [3.05, 3.63) is 35.4 Å². The maximum atomic E-state index is 11.8. The third-order valence-electron chi connectivity index (χ3n) is 2.92. The number of carbonyl (C=O) groups excluding carboxylic acids is 2. The van der Waals surface area contributed by atoms with Gasteiger partial charge in [0.05, 0.1) is 6.42 Å².